The lowest BCUT2D eigenvalue weighted by Crippen LogP contribution is -2.04. The Balaban J connectivity index is 2.10. The van der Waals surface area contributed by atoms with Gasteiger partial charge in [-0.25, -0.2) is 0 Å². The van der Waals surface area contributed by atoms with E-state index in [4.69, 9.17) is 11.6 Å². The first-order valence-electron chi connectivity index (χ1n) is 5.03. The van der Waals surface area contributed by atoms with Crippen LogP contribution in [0.3, 0.4) is 0 Å². The molecule has 1 unspecified atom stereocenters. The molecular weight excluding hydrogens is 196 g/mol. The first kappa shape index (κ1) is 11.3. The second-order valence-corrected chi connectivity index (χ2v) is 3.87. The van der Waals surface area contributed by atoms with Crippen LogP contribution in [0.4, 0.5) is 5.69 Å². The average molecular weight is 213 g/mol. The minimum absolute atomic E-state index is 0.621. The summed E-state index contributed by atoms with van der Waals surface area (Å²) in [6.45, 7) is 3.19. The van der Waals surface area contributed by atoms with Crippen molar-refractivity contribution in [3.63, 3.8) is 0 Å². The lowest BCUT2D eigenvalue weighted by molar-refractivity contribution is 0.572. The summed E-state index contributed by atoms with van der Waals surface area (Å²) in [5.74, 6) is 1.38. The molecule has 1 rings (SSSR count). The van der Waals surface area contributed by atoms with Gasteiger partial charge >= 0.3 is 0 Å². The first-order chi connectivity index (χ1) is 6.83. The standard InChI is InChI=1S/C11H17ClN2/c1-10(9-12)3-2-6-14-11-4-7-13-8-5-11/h4-5,7-8,10H,2-3,6,9H2,1H3,(H,13,14). The zero-order valence-corrected chi connectivity index (χ0v) is 9.30. The quantitative estimate of drug-likeness (QED) is 0.579. The largest absolute Gasteiger partial charge is 0.385 e. The Morgan fingerprint density at radius 2 is 2.14 bits per heavy atom. The van der Waals surface area contributed by atoms with Crippen molar-refractivity contribution in [3.05, 3.63) is 24.5 Å². The summed E-state index contributed by atoms with van der Waals surface area (Å²) in [4.78, 5) is 3.96. The van der Waals surface area contributed by atoms with Gasteiger partial charge in [0.15, 0.2) is 0 Å². The molecule has 0 fully saturated rings. The zero-order chi connectivity index (χ0) is 10.2. The van der Waals surface area contributed by atoms with Crippen molar-refractivity contribution in [2.75, 3.05) is 17.7 Å². The number of hydrogen-bond acceptors (Lipinski definition) is 2. The molecule has 0 aliphatic heterocycles. The highest BCUT2D eigenvalue weighted by molar-refractivity contribution is 6.18. The molecule has 0 saturated heterocycles. The van der Waals surface area contributed by atoms with Gasteiger partial charge in [-0.3, -0.25) is 4.98 Å². The number of hydrogen-bond donors (Lipinski definition) is 1. The summed E-state index contributed by atoms with van der Waals surface area (Å²) in [7, 11) is 0. The van der Waals surface area contributed by atoms with E-state index >= 15 is 0 Å². The Labute approximate surface area is 90.7 Å². The highest BCUT2D eigenvalue weighted by Gasteiger charge is 1.98. The van der Waals surface area contributed by atoms with Crippen molar-refractivity contribution in [1.82, 2.24) is 4.98 Å². The van der Waals surface area contributed by atoms with E-state index in [1.165, 1.54) is 6.42 Å². The van der Waals surface area contributed by atoms with Crippen molar-refractivity contribution < 1.29 is 0 Å². The molecule has 0 radical (unpaired) electrons. The van der Waals surface area contributed by atoms with E-state index < -0.39 is 0 Å². The number of alkyl halides is 1. The fourth-order valence-corrected chi connectivity index (χ4v) is 1.38. The summed E-state index contributed by atoms with van der Waals surface area (Å²) in [6, 6.07) is 3.95. The first-order valence-corrected chi connectivity index (χ1v) is 5.56. The highest BCUT2D eigenvalue weighted by atomic mass is 35.5. The summed E-state index contributed by atoms with van der Waals surface area (Å²) in [5, 5.41) is 3.34. The van der Waals surface area contributed by atoms with Gasteiger partial charge in [0, 0.05) is 30.5 Å². The molecule has 1 aromatic heterocycles. The number of rotatable bonds is 6. The lowest BCUT2D eigenvalue weighted by atomic mass is 10.1. The van der Waals surface area contributed by atoms with Gasteiger partial charge in [0.1, 0.15) is 0 Å². The Morgan fingerprint density at radius 3 is 2.79 bits per heavy atom. The van der Waals surface area contributed by atoms with Crippen molar-refractivity contribution in [2.45, 2.75) is 19.8 Å². The SMILES string of the molecule is CC(CCl)CCCNc1ccncc1. The van der Waals surface area contributed by atoms with Crippen LogP contribution in [-0.4, -0.2) is 17.4 Å². The molecule has 0 amide bonds. The van der Waals surface area contributed by atoms with Crippen LogP contribution in [0, 0.1) is 5.92 Å². The maximum atomic E-state index is 5.72. The highest BCUT2D eigenvalue weighted by Crippen LogP contribution is 2.08. The summed E-state index contributed by atoms with van der Waals surface area (Å²) in [6.07, 6.45) is 5.94. The second kappa shape index (κ2) is 6.66. The monoisotopic (exact) mass is 212 g/mol. The molecule has 0 spiro atoms. The number of anilines is 1. The lowest BCUT2D eigenvalue weighted by Gasteiger charge is -2.08. The van der Waals surface area contributed by atoms with Crippen molar-refractivity contribution in [1.29, 1.82) is 0 Å². The number of pyridine rings is 1. The molecule has 14 heavy (non-hydrogen) atoms. The molecular formula is C11H17ClN2. The molecule has 0 aliphatic carbocycles. The smallest absolute Gasteiger partial charge is 0.0371 e. The van der Waals surface area contributed by atoms with Gasteiger partial charge in [0.2, 0.25) is 0 Å². The van der Waals surface area contributed by atoms with E-state index in [2.05, 4.69) is 17.2 Å². The fourth-order valence-electron chi connectivity index (χ4n) is 1.23. The third-order valence-corrected chi connectivity index (χ3v) is 2.67. The van der Waals surface area contributed by atoms with E-state index in [0.717, 1.165) is 24.5 Å². The van der Waals surface area contributed by atoms with E-state index in [1.54, 1.807) is 12.4 Å². The maximum Gasteiger partial charge on any atom is 0.0371 e. The van der Waals surface area contributed by atoms with E-state index in [0.29, 0.717) is 5.92 Å². The molecule has 1 aromatic rings. The summed E-state index contributed by atoms with van der Waals surface area (Å²) in [5.41, 5.74) is 1.14. The Kier molecular flexibility index (Phi) is 5.38. The van der Waals surface area contributed by atoms with Crippen molar-refractivity contribution in [3.8, 4) is 0 Å². The Bertz CT molecular complexity index is 238. The van der Waals surface area contributed by atoms with Crippen LogP contribution >= 0.6 is 11.6 Å². The van der Waals surface area contributed by atoms with Crippen LogP contribution < -0.4 is 5.32 Å². The molecule has 0 saturated carbocycles. The van der Waals surface area contributed by atoms with Crippen molar-refractivity contribution in [2.24, 2.45) is 5.92 Å². The molecule has 1 atom stereocenters. The predicted molar refractivity (Wildman–Crippen MR) is 61.8 cm³/mol. The fraction of sp³-hybridized carbons (Fsp3) is 0.545. The molecule has 0 aliphatic rings. The minimum Gasteiger partial charge on any atom is -0.385 e. The van der Waals surface area contributed by atoms with Crippen LogP contribution in [0.5, 0.6) is 0 Å². The molecule has 2 nitrogen and oxygen atoms in total. The molecule has 78 valence electrons. The van der Waals surface area contributed by atoms with Crippen LogP contribution in [0.1, 0.15) is 19.8 Å². The number of nitrogens with zero attached hydrogens (tertiary/aromatic N) is 1. The van der Waals surface area contributed by atoms with Crippen LogP contribution in [-0.2, 0) is 0 Å². The Hall–Kier alpha value is -0.760. The minimum atomic E-state index is 0.621. The topological polar surface area (TPSA) is 24.9 Å². The molecule has 1 heterocycles. The van der Waals surface area contributed by atoms with E-state index in [9.17, 15) is 0 Å². The van der Waals surface area contributed by atoms with Gasteiger partial charge in [0.05, 0.1) is 0 Å². The van der Waals surface area contributed by atoms with Gasteiger partial charge in [-0.2, -0.15) is 0 Å². The molecule has 3 heteroatoms. The predicted octanol–water partition coefficient (Wildman–Crippen LogP) is 3.15. The summed E-state index contributed by atoms with van der Waals surface area (Å²) < 4.78 is 0. The zero-order valence-electron chi connectivity index (χ0n) is 8.54. The van der Waals surface area contributed by atoms with Crippen LogP contribution in [0.2, 0.25) is 0 Å². The summed E-state index contributed by atoms with van der Waals surface area (Å²) >= 11 is 5.72. The van der Waals surface area contributed by atoms with Gasteiger partial charge in [-0.15, -0.1) is 11.6 Å². The molecule has 0 bridgehead atoms. The maximum absolute atomic E-state index is 5.72. The number of halogens is 1. The van der Waals surface area contributed by atoms with Gasteiger partial charge < -0.3 is 5.32 Å². The Morgan fingerprint density at radius 1 is 1.43 bits per heavy atom. The van der Waals surface area contributed by atoms with E-state index in [-0.39, 0.29) is 0 Å². The number of aromatic nitrogens is 1. The third-order valence-electron chi connectivity index (χ3n) is 2.15. The second-order valence-electron chi connectivity index (χ2n) is 3.56. The van der Waals surface area contributed by atoms with Crippen LogP contribution in [0.15, 0.2) is 24.5 Å². The van der Waals surface area contributed by atoms with Gasteiger partial charge in [0.25, 0.3) is 0 Å². The normalized spacial score (nSPS) is 12.4. The van der Waals surface area contributed by atoms with Gasteiger partial charge in [-0.1, -0.05) is 6.92 Å². The average Bonchev–Trinajstić information content (AvgIpc) is 2.25. The van der Waals surface area contributed by atoms with Gasteiger partial charge in [-0.05, 0) is 30.9 Å². The van der Waals surface area contributed by atoms with E-state index in [1.807, 2.05) is 12.1 Å². The molecule has 0 aromatic carbocycles. The third kappa shape index (κ3) is 4.47. The van der Waals surface area contributed by atoms with Crippen molar-refractivity contribution >= 4 is 17.3 Å². The molecule has 1 N–H and O–H groups in total. The number of nitrogens with one attached hydrogen (secondary N) is 1. The van der Waals surface area contributed by atoms with Crippen LogP contribution in [0.25, 0.3) is 0 Å².